The van der Waals surface area contributed by atoms with Gasteiger partial charge in [0.25, 0.3) is 0 Å². The number of likely N-dealkylation sites (tertiary alicyclic amines) is 1. The molecular weight excluding hydrogens is 268 g/mol. The van der Waals surface area contributed by atoms with Crippen LogP contribution >= 0.6 is 0 Å². The molecule has 21 heavy (non-hydrogen) atoms. The number of hydrogen-bond acceptors (Lipinski definition) is 3. The molecule has 1 unspecified atom stereocenters. The predicted molar refractivity (Wildman–Crippen MR) is 86.8 cm³/mol. The Morgan fingerprint density at radius 1 is 1.43 bits per heavy atom. The number of allylic oxidation sites excluding steroid dienone is 2. The lowest BCUT2D eigenvalue weighted by molar-refractivity contribution is -0.128. The lowest BCUT2D eigenvalue weighted by atomic mass is 10.2. The second-order valence-electron chi connectivity index (χ2n) is 4.09. The van der Waals surface area contributed by atoms with Gasteiger partial charge in [-0.1, -0.05) is 45.2 Å². The van der Waals surface area contributed by atoms with Crippen LogP contribution in [0.4, 0.5) is 0 Å². The molecule has 1 saturated heterocycles. The summed E-state index contributed by atoms with van der Waals surface area (Å²) in [5, 5.41) is 11.5. The highest BCUT2D eigenvalue weighted by Crippen LogP contribution is 2.07. The van der Waals surface area contributed by atoms with E-state index in [0.29, 0.717) is 19.5 Å². The van der Waals surface area contributed by atoms with Crippen LogP contribution in [0.5, 0.6) is 0 Å². The van der Waals surface area contributed by atoms with Gasteiger partial charge in [0.05, 0.1) is 6.10 Å². The van der Waals surface area contributed by atoms with Crippen molar-refractivity contribution in [2.24, 2.45) is 0 Å². The average Bonchev–Trinajstić information content (AvgIpc) is 2.93. The largest absolute Gasteiger partial charge is 0.391 e. The molecule has 0 aromatic heterocycles. The van der Waals surface area contributed by atoms with Gasteiger partial charge in [-0.2, -0.15) is 0 Å². The Morgan fingerprint density at radius 2 is 2.05 bits per heavy atom. The number of nitrogens with zero attached hydrogens (tertiary/aromatic N) is 1. The lowest BCUT2D eigenvalue weighted by Gasteiger charge is -2.10. The number of amides is 2. The predicted octanol–water partition coefficient (Wildman–Crippen LogP) is 1.66. The molecule has 1 fully saturated rings. The average molecular weight is 296 g/mol. The molecule has 0 spiro atoms. The molecule has 1 rings (SSSR count). The summed E-state index contributed by atoms with van der Waals surface area (Å²) in [5.74, 6) is 0.0616. The van der Waals surface area contributed by atoms with Gasteiger partial charge in [-0.05, 0) is 12.0 Å². The van der Waals surface area contributed by atoms with E-state index in [1.165, 1.54) is 6.92 Å². The van der Waals surface area contributed by atoms with Crippen LogP contribution in [-0.2, 0) is 9.59 Å². The fourth-order valence-corrected chi connectivity index (χ4v) is 1.54. The van der Waals surface area contributed by atoms with Crippen molar-refractivity contribution in [1.82, 2.24) is 10.2 Å². The Bertz CT molecular complexity index is 351. The summed E-state index contributed by atoms with van der Waals surface area (Å²) < 4.78 is 0. The standard InChI is InChI=1S/C8H11NO.C6H11NO2.C2H6/c1-3-5-8(4-2)6-9-7-10;1-5(8)7-3-2-6(9)4-7;1-2/h3-5,7H,1-2,6H2,(H,9,10);6,9H,2-4H2,1H3;1-2H3/b8-5+;;. The monoisotopic (exact) mass is 296 g/mol. The van der Waals surface area contributed by atoms with Crippen molar-refractivity contribution in [3.05, 3.63) is 37.0 Å². The highest BCUT2D eigenvalue weighted by molar-refractivity contribution is 5.73. The zero-order chi connectivity index (χ0) is 16.7. The van der Waals surface area contributed by atoms with Crippen LogP contribution in [0.15, 0.2) is 37.0 Å². The van der Waals surface area contributed by atoms with E-state index in [-0.39, 0.29) is 12.0 Å². The van der Waals surface area contributed by atoms with Crippen molar-refractivity contribution in [3.63, 3.8) is 0 Å². The van der Waals surface area contributed by atoms with Gasteiger partial charge in [0.2, 0.25) is 12.3 Å². The van der Waals surface area contributed by atoms with E-state index < -0.39 is 0 Å². The minimum atomic E-state index is -0.283. The molecule has 1 atom stereocenters. The SMILES string of the molecule is C=C/C=C(\C=C)CNC=O.CC.CC(=O)N1CCC(O)C1. The van der Waals surface area contributed by atoms with E-state index in [4.69, 9.17) is 5.11 Å². The summed E-state index contributed by atoms with van der Waals surface area (Å²) in [6.07, 6.45) is 6.24. The highest BCUT2D eigenvalue weighted by Gasteiger charge is 2.21. The van der Waals surface area contributed by atoms with Gasteiger partial charge in [0.15, 0.2) is 0 Å². The first-order valence-electron chi connectivity index (χ1n) is 7.09. The van der Waals surface area contributed by atoms with Gasteiger partial charge in [-0.15, -0.1) is 0 Å². The van der Waals surface area contributed by atoms with Crippen molar-refractivity contribution in [2.45, 2.75) is 33.3 Å². The molecule has 0 aromatic carbocycles. The Morgan fingerprint density at radius 3 is 2.33 bits per heavy atom. The maximum absolute atomic E-state index is 10.6. The smallest absolute Gasteiger partial charge is 0.219 e. The first-order valence-corrected chi connectivity index (χ1v) is 7.09. The summed E-state index contributed by atoms with van der Waals surface area (Å²) >= 11 is 0. The van der Waals surface area contributed by atoms with Gasteiger partial charge in [-0.3, -0.25) is 9.59 Å². The normalized spacial score (nSPS) is 16.7. The molecular formula is C16H28N2O3. The van der Waals surface area contributed by atoms with Crippen molar-refractivity contribution in [1.29, 1.82) is 0 Å². The Balaban J connectivity index is 0. The minimum Gasteiger partial charge on any atom is -0.391 e. The van der Waals surface area contributed by atoms with E-state index in [0.717, 1.165) is 18.5 Å². The first-order chi connectivity index (χ1) is 10.0. The van der Waals surface area contributed by atoms with Crippen LogP contribution < -0.4 is 5.32 Å². The number of carbonyl (C=O) groups is 2. The van der Waals surface area contributed by atoms with Crippen LogP contribution in [0.1, 0.15) is 27.2 Å². The van der Waals surface area contributed by atoms with Crippen LogP contribution in [0.3, 0.4) is 0 Å². The molecule has 1 heterocycles. The third-order valence-electron chi connectivity index (χ3n) is 2.59. The highest BCUT2D eigenvalue weighted by atomic mass is 16.3. The van der Waals surface area contributed by atoms with E-state index in [2.05, 4.69) is 18.5 Å². The first kappa shape index (κ1) is 21.4. The summed E-state index contributed by atoms with van der Waals surface area (Å²) in [6.45, 7) is 14.4. The molecule has 120 valence electrons. The number of nitrogens with one attached hydrogen (secondary N) is 1. The van der Waals surface area contributed by atoms with Crippen LogP contribution in [-0.4, -0.2) is 48.1 Å². The van der Waals surface area contributed by atoms with Gasteiger partial charge in [-0.25, -0.2) is 0 Å². The topological polar surface area (TPSA) is 69.6 Å². The fraction of sp³-hybridized carbons (Fsp3) is 0.500. The summed E-state index contributed by atoms with van der Waals surface area (Å²) in [7, 11) is 0. The number of rotatable bonds is 5. The quantitative estimate of drug-likeness (QED) is 0.599. The van der Waals surface area contributed by atoms with Crippen molar-refractivity contribution in [2.75, 3.05) is 19.6 Å². The summed E-state index contributed by atoms with van der Waals surface area (Å²) in [4.78, 5) is 22.1. The second-order valence-corrected chi connectivity index (χ2v) is 4.09. The van der Waals surface area contributed by atoms with Crippen molar-refractivity contribution in [3.8, 4) is 0 Å². The minimum absolute atomic E-state index is 0.0616. The molecule has 5 heteroatoms. The number of hydrogen-bond donors (Lipinski definition) is 2. The maximum Gasteiger partial charge on any atom is 0.219 e. The molecule has 5 nitrogen and oxygen atoms in total. The van der Waals surface area contributed by atoms with E-state index >= 15 is 0 Å². The Kier molecular flexibility index (Phi) is 14.8. The fourth-order valence-electron chi connectivity index (χ4n) is 1.54. The van der Waals surface area contributed by atoms with Gasteiger partial charge < -0.3 is 15.3 Å². The lowest BCUT2D eigenvalue weighted by Crippen LogP contribution is -2.26. The molecule has 0 saturated carbocycles. The second kappa shape index (κ2) is 14.5. The van der Waals surface area contributed by atoms with E-state index in [1.54, 1.807) is 23.1 Å². The molecule has 0 radical (unpaired) electrons. The molecule has 0 bridgehead atoms. The molecule has 1 aliphatic rings. The number of aliphatic hydroxyl groups is 1. The molecule has 0 aliphatic carbocycles. The van der Waals surface area contributed by atoms with Gasteiger partial charge >= 0.3 is 0 Å². The summed E-state index contributed by atoms with van der Waals surface area (Å²) in [5.41, 5.74) is 0.946. The molecule has 2 amide bonds. The van der Waals surface area contributed by atoms with Crippen LogP contribution in [0, 0.1) is 0 Å². The molecule has 2 N–H and O–H groups in total. The molecule has 0 aromatic rings. The van der Waals surface area contributed by atoms with E-state index in [1.807, 2.05) is 13.8 Å². The Labute approximate surface area is 128 Å². The number of β-amino-alcohol motifs (C(OH)–C–C–N with tert-alkyl or cyclic N) is 1. The number of aliphatic hydroxyl groups excluding tert-OH is 1. The maximum atomic E-state index is 10.6. The third-order valence-corrected chi connectivity index (χ3v) is 2.59. The zero-order valence-corrected chi connectivity index (χ0v) is 13.3. The van der Waals surface area contributed by atoms with Crippen molar-refractivity contribution < 1.29 is 14.7 Å². The van der Waals surface area contributed by atoms with Gasteiger partial charge in [0, 0.05) is 26.6 Å². The van der Waals surface area contributed by atoms with E-state index in [9.17, 15) is 9.59 Å². The molecule has 1 aliphatic heterocycles. The number of carbonyl (C=O) groups excluding carboxylic acids is 2. The Hall–Kier alpha value is -1.88. The van der Waals surface area contributed by atoms with Crippen molar-refractivity contribution >= 4 is 12.3 Å². The van der Waals surface area contributed by atoms with Crippen LogP contribution in [0.2, 0.25) is 0 Å². The third kappa shape index (κ3) is 11.6. The summed E-state index contributed by atoms with van der Waals surface area (Å²) in [6, 6.07) is 0. The van der Waals surface area contributed by atoms with Crippen LogP contribution in [0.25, 0.3) is 0 Å². The zero-order valence-electron chi connectivity index (χ0n) is 13.3. The van der Waals surface area contributed by atoms with Gasteiger partial charge in [0.1, 0.15) is 0 Å².